The van der Waals surface area contributed by atoms with Crippen molar-refractivity contribution in [3.63, 3.8) is 0 Å². The van der Waals surface area contributed by atoms with Gasteiger partial charge in [0.2, 0.25) is 0 Å². The number of rotatable bonds is 6. The maximum atomic E-state index is 2.33. The predicted octanol–water partition coefficient (Wildman–Crippen LogP) is 0.159. The zero-order chi connectivity index (χ0) is 10.5. The molecule has 0 aromatic heterocycles. The van der Waals surface area contributed by atoms with Gasteiger partial charge in [0.15, 0.2) is 0 Å². The van der Waals surface area contributed by atoms with E-state index in [4.69, 9.17) is 0 Å². The van der Waals surface area contributed by atoms with Crippen molar-refractivity contribution >= 4 is 0 Å². The van der Waals surface area contributed by atoms with E-state index in [-0.39, 0.29) is 24.0 Å². The van der Waals surface area contributed by atoms with E-state index in [1.807, 2.05) is 0 Å². The number of nitrogens with zero attached hydrogens (tertiary/aromatic N) is 1. The highest BCUT2D eigenvalue weighted by Crippen LogP contribution is 2.14. The van der Waals surface area contributed by atoms with Crippen molar-refractivity contribution in [2.45, 2.75) is 41.5 Å². The molecule has 0 aliphatic rings. The first-order chi connectivity index (χ1) is 5.95. The lowest BCUT2D eigenvalue weighted by Crippen LogP contribution is -3.00. The molecular weight excluding hydrogens is 285 g/mol. The first kappa shape index (κ1) is 17.1. The van der Waals surface area contributed by atoms with Crippen molar-refractivity contribution in [3.8, 4) is 0 Å². The van der Waals surface area contributed by atoms with Gasteiger partial charge in [-0.1, -0.05) is 27.7 Å². The molecule has 0 aliphatic carbocycles. The minimum Gasteiger partial charge on any atom is -1.00 e. The Labute approximate surface area is 108 Å². The van der Waals surface area contributed by atoms with Gasteiger partial charge in [0.1, 0.15) is 0 Å². The van der Waals surface area contributed by atoms with Crippen LogP contribution in [-0.4, -0.2) is 30.7 Å². The molecule has 0 aromatic rings. The van der Waals surface area contributed by atoms with Crippen molar-refractivity contribution in [1.29, 1.82) is 0 Å². The molecule has 0 amide bonds. The second-order valence-corrected chi connectivity index (χ2v) is 5.13. The Morgan fingerprint density at radius 3 is 1.21 bits per heavy atom. The van der Waals surface area contributed by atoms with Crippen molar-refractivity contribution in [2.24, 2.45) is 11.8 Å². The molecule has 0 unspecified atom stereocenters. The van der Waals surface area contributed by atoms with Crippen LogP contribution in [0.3, 0.4) is 0 Å². The first-order valence-corrected chi connectivity index (χ1v) is 5.81. The molecule has 0 saturated carbocycles. The number of hydrogen-bond donors (Lipinski definition) is 0. The van der Waals surface area contributed by atoms with Gasteiger partial charge in [-0.3, -0.25) is 0 Å². The van der Waals surface area contributed by atoms with Gasteiger partial charge >= 0.3 is 0 Å². The molecule has 0 heterocycles. The molecule has 0 aromatic carbocycles. The molecule has 0 atom stereocenters. The van der Waals surface area contributed by atoms with Gasteiger partial charge < -0.3 is 28.5 Å². The number of halogens is 1. The van der Waals surface area contributed by atoms with E-state index in [0.717, 1.165) is 11.8 Å². The third kappa shape index (κ3) is 6.23. The van der Waals surface area contributed by atoms with Gasteiger partial charge in [0, 0.05) is 11.8 Å². The average molecular weight is 313 g/mol. The summed E-state index contributed by atoms with van der Waals surface area (Å²) in [5, 5.41) is 0. The second-order valence-electron chi connectivity index (χ2n) is 5.13. The molecule has 0 radical (unpaired) electrons. The van der Waals surface area contributed by atoms with E-state index in [1.54, 1.807) is 0 Å². The Morgan fingerprint density at radius 2 is 1.07 bits per heavy atom. The van der Waals surface area contributed by atoms with Crippen LogP contribution in [0.2, 0.25) is 0 Å². The van der Waals surface area contributed by atoms with E-state index >= 15 is 0 Å². The smallest absolute Gasteiger partial charge is 0.0809 e. The second kappa shape index (κ2) is 7.91. The Bertz CT molecular complexity index is 116. The summed E-state index contributed by atoms with van der Waals surface area (Å²) in [6.45, 7) is 19.2. The van der Waals surface area contributed by atoms with Crippen LogP contribution < -0.4 is 24.0 Å². The highest BCUT2D eigenvalue weighted by Gasteiger charge is 2.25. The summed E-state index contributed by atoms with van der Waals surface area (Å²) in [6.07, 6.45) is 0. The summed E-state index contributed by atoms with van der Waals surface area (Å²) in [7, 11) is 0. The minimum atomic E-state index is 0. The zero-order valence-electron chi connectivity index (χ0n) is 10.8. The molecule has 0 N–H and O–H groups in total. The Morgan fingerprint density at radius 1 is 0.786 bits per heavy atom. The molecule has 0 rings (SSSR count). The van der Waals surface area contributed by atoms with Crippen LogP contribution in [0, 0.1) is 11.8 Å². The van der Waals surface area contributed by atoms with Crippen LogP contribution in [0.25, 0.3) is 0 Å². The van der Waals surface area contributed by atoms with E-state index in [1.165, 1.54) is 30.7 Å². The molecule has 0 fully saturated rings. The molecule has 0 bridgehead atoms. The van der Waals surface area contributed by atoms with Crippen molar-refractivity contribution in [3.05, 3.63) is 0 Å². The van der Waals surface area contributed by atoms with Crippen molar-refractivity contribution in [2.75, 3.05) is 26.2 Å². The highest BCUT2D eigenvalue weighted by molar-refractivity contribution is 4.49. The van der Waals surface area contributed by atoms with Crippen LogP contribution in [-0.2, 0) is 0 Å². The number of hydrogen-bond acceptors (Lipinski definition) is 0. The van der Waals surface area contributed by atoms with Crippen LogP contribution in [0.4, 0.5) is 0 Å². The summed E-state index contributed by atoms with van der Waals surface area (Å²) < 4.78 is 1.30. The van der Waals surface area contributed by atoms with Crippen molar-refractivity contribution < 1.29 is 28.5 Å². The predicted molar refractivity (Wildman–Crippen MR) is 60.8 cm³/mol. The first-order valence-electron chi connectivity index (χ1n) is 5.81. The topological polar surface area (TPSA) is 0 Å². The Hall–Kier alpha value is 0.690. The van der Waals surface area contributed by atoms with Gasteiger partial charge in [-0.15, -0.1) is 0 Å². The zero-order valence-corrected chi connectivity index (χ0v) is 13.0. The summed E-state index contributed by atoms with van der Waals surface area (Å²) >= 11 is 0. The van der Waals surface area contributed by atoms with E-state index in [9.17, 15) is 0 Å². The third-order valence-corrected chi connectivity index (χ3v) is 2.85. The SMILES string of the molecule is CC[N+](CC)(CC(C)C)CC(C)C.[I-]. The normalized spacial score (nSPS) is 12.0. The van der Waals surface area contributed by atoms with E-state index < -0.39 is 0 Å². The van der Waals surface area contributed by atoms with Crippen LogP contribution >= 0.6 is 0 Å². The van der Waals surface area contributed by atoms with Crippen LogP contribution in [0.1, 0.15) is 41.5 Å². The lowest BCUT2D eigenvalue weighted by molar-refractivity contribution is -0.930. The third-order valence-electron chi connectivity index (χ3n) is 2.85. The molecule has 0 spiro atoms. The lowest BCUT2D eigenvalue weighted by atomic mass is 10.1. The molecule has 2 heteroatoms. The van der Waals surface area contributed by atoms with E-state index in [2.05, 4.69) is 41.5 Å². The van der Waals surface area contributed by atoms with Gasteiger partial charge in [-0.2, -0.15) is 0 Å². The van der Waals surface area contributed by atoms with Crippen LogP contribution in [0.15, 0.2) is 0 Å². The fraction of sp³-hybridized carbons (Fsp3) is 1.00. The monoisotopic (exact) mass is 313 g/mol. The van der Waals surface area contributed by atoms with Gasteiger partial charge in [-0.25, -0.2) is 0 Å². The molecule has 14 heavy (non-hydrogen) atoms. The van der Waals surface area contributed by atoms with Crippen molar-refractivity contribution in [1.82, 2.24) is 0 Å². The molecular formula is C12H28IN. The Kier molecular flexibility index (Phi) is 9.66. The minimum absolute atomic E-state index is 0. The molecule has 0 aliphatic heterocycles. The number of quaternary nitrogens is 1. The van der Waals surface area contributed by atoms with Gasteiger partial charge in [0.05, 0.1) is 26.2 Å². The summed E-state index contributed by atoms with van der Waals surface area (Å²) in [5.41, 5.74) is 0. The van der Waals surface area contributed by atoms with E-state index in [0.29, 0.717) is 0 Å². The van der Waals surface area contributed by atoms with Crippen LogP contribution in [0.5, 0.6) is 0 Å². The van der Waals surface area contributed by atoms with Gasteiger partial charge in [-0.05, 0) is 13.8 Å². The fourth-order valence-electron chi connectivity index (χ4n) is 2.36. The fourth-order valence-corrected chi connectivity index (χ4v) is 2.36. The quantitative estimate of drug-likeness (QED) is 0.484. The Balaban J connectivity index is 0. The lowest BCUT2D eigenvalue weighted by Gasteiger charge is -2.39. The average Bonchev–Trinajstić information content (AvgIpc) is 2.01. The highest BCUT2D eigenvalue weighted by atomic mass is 127. The molecule has 1 nitrogen and oxygen atoms in total. The maximum Gasteiger partial charge on any atom is 0.0809 e. The summed E-state index contributed by atoms with van der Waals surface area (Å²) in [6, 6.07) is 0. The summed E-state index contributed by atoms with van der Waals surface area (Å²) in [4.78, 5) is 0. The van der Waals surface area contributed by atoms with Gasteiger partial charge in [0.25, 0.3) is 0 Å². The largest absolute Gasteiger partial charge is 1.00 e. The summed E-state index contributed by atoms with van der Waals surface area (Å²) in [5.74, 6) is 1.64. The molecule has 88 valence electrons. The molecule has 0 saturated heterocycles. The maximum absolute atomic E-state index is 2.33. The standard InChI is InChI=1S/C12H28N.HI/c1-7-13(8-2,9-11(3)4)10-12(5)6;/h11-12H,7-10H2,1-6H3;1H/q+1;/p-1.